The molecule has 3 rings (SSSR count). The predicted octanol–water partition coefficient (Wildman–Crippen LogP) is 2.49. The van der Waals surface area contributed by atoms with Crippen molar-refractivity contribution in [3.63, 3.8) is 0 Å². The van der Waals surface area contributed by atoms with Gasteiger partial charge in [-0.05, 0) is 43.5 Å². The minimum atomic E-state index is -0.445. The summed E-state index contributed by atoms with van der Waals surface area (Å²) in [6, 6.07) is 3.74. The molecule has 0 bridgehead atoms. The summed E-state index contributed by atoms with van der Waals surface area (Å²) in [4.78, 5) is 36.3. The zero-order valence-corrected chi connectivity index (χ0v) is 16.4. The quantitative estimate of drug-likeness (QED) is 0.639. The van der Waals surface area contributed by atoms with E-state index in [2.05, 4.69) is 20.3 Å². The second-order valence-corrected chi connectivity index (χ2v) is 6.37. The number of hydrogen-bond acceptors (Lipinski definition) is 5. The highest BCUT2D eigenvalue weighted by Gasteiger charge is 2.23. The molecule has 3 aromatic rings. The van der Waals surface area contributed by atoms with E-state index in [0.29, 0.717) is 35.5 Å². The predicted molar refractivity (Wildman–Crippen MR) is 104 cm³/mol. The minimum absolute atomic E-state index is 0.278. The van der Waals surface area contributed by atoms with Crippen molar-refractivity contribution in [2.75, 3.05) is 7.11 Å². The standard InChI is InChI=1S/C20H23N5O3/c1-5-15-17(20(27)28-4)12(2)18(24-15)19(26)23-11-14-6-7-22-16(10-14)25-9-8-21-13(25)3/h6-10,24H,5,11H2,1-4H3,(H,23,26). The maximum atomic E-state index is 12.7. The van der Waals surface area contributed by atoms with Crippen LogP contribution in [0.4, 0.5) is 0 Å². The number of aryl methyl sites for hydroxylation is 2. The van der Waals surface area contributed by atoms with Gasteiger partial charge in [-0.3, -0.25) is 9.36 Å². The molecule has 0 saturated carbocycles. The van der Waals surface area contributed by atoms with E-state index in [1.165, 1.54) is 7.11 Å². The van der Waals surface area contributed by atoms with Gasteiger partial charge in [0.1, 0.15) is 17.3 Å². The normalized spacial score (nSPS) is 10.7. The molecule has 8 heteroatoms. The van der Waals surface area contributed by atoms with E-state index in [0.717, 1.165) is 17.2 Å². The Hall–Kier alpha value is -3.42. The van der Waals surface area contributed by atoms with E-state index in [9.17, 15) is 9.59 Å². The number of ether oxygens (including phenoxy) is 1. The van der Waals surface area contributed by atoms with Gasteiger partial charge in [0, 0.05) is 30.8 Å². The van der Waals surface area contributed by atoms with Gasteiger partial charge in [-0.15, -0.1) is 0 Å². The van der Waals surface area contributed by atoms with Gasteiger partial charge in [-0.2, -0.15) is 0 Å². The van der Waals surface area contributed by atoms with Crippen LogP contribution in [0.1, 0.15) is 50.4 Å². The van der Waals surface area contributed by atoms with Crippen molar-refractivity contribution in [2.24, 2.45) is 0 Å². The SMILES string of the molecule is CCc1[nH]c(C(=O)NCc2ccnc(-n3ccnc3C)c2)c(C)c1C(=O)OC. The zero-order chi connectivity index (χ0) is 20.3. The number of nitrogens with zero attached hydrogens (tertiary/aromatic N) is 3. The highest BCUT2D eigenvalue weighted by atomic mass is 16.5. The van der Waals surface area contributed by atoms with Gasteiger partial charge in [-0.25, -0.2) is 14.8 Å². The van der Waals surface area contributed by atoms with Gasteiger partial charge < -0.3 is 15.0 Å². The Morgan fingerprint density at radius 3 is 2.68 bits per heavy atom. The van der Waals surface area contributed by atoms with Gasteiger partial charge in [0.2, 0.25) is 0 Å². The van der Waals surface area contributed by atoms with Crippen molar-refractivity contribution in [3.05, 3.63) is 64.6 Å². The minimum Gasteiger partial charge on any atom is -0.465 e. The fourth-order valence-corrected chi connectivity index (χ4v) is 3.12. The van der Waals surface area contributed by atoms with Crippen LogP contribution in [0, 0.1) is 13.8 Å². The number of methoxy groups -OCH3 is 1. The second kappa shape index (κ2) is 8.08. The topological polar surface area (TPSA) is 102 Å². The Morgan fingerprint density at radius 2 is 2.04 bits per heavy atom. The van der Waals surface area contributed by atoms with Crippen molar-refractivity contribution >= 4 is 11.9 Å². The molecule has 0 atom stereocenters. The number of imidazole rings is 1. The zero-order valence-electron chi connectivity index (χ0n) is 16.4. The Kier molecular flexibility index (Phi) is 5.58. The van der Waals surface area contributed by atoms with Crippen LogP contribution >= 0.6 is 0 Å². The molecule has 0 aliphatic heterocycles. The first-order valence-corrected chi connectivity index (χ1v) is 8.99. The monoisotopic (exact) mass is 381 g/mol. The smallest absolute Gasteiger partial charge is 0.339 e. The molecule has 3 heterocycles. The molecule has 0 fully saturated rings. The third kappa shape index (κ3) is 3.66. The van der Waals surface area contributed by atoms with Crippen LogP contribution in [0.5, 0.6) is 0 Å². The van der Waals surface area contributed by atoms with E-state index in [-0.39, 0.29) is 5.91 Å². The molecule has 0 saturated heterocycles. The average Bonchev–Trinajstić information content (AvgIpc) is 3.28. The maximum absolute atomic E-state index is 12.7. The van der Waals surface area contributed by atoms with Gasteiger partial charge in [0.25, 0.3) is 5.91 Å². The Labute approximate surface area is 163 Å². The summed E-state index contributed by atoms with van der Waals surface area (Å²) in [5.41, 5.74) is 2.98. The lowest BCUT2D eigenvalue weighted by Crippen LogP contribution is -2.24. The molecule has 146 valence electrons. The van der Waals surface area contributed by atoms with Crippen molar-refractivity contribution in [3.8, 4) is 5.82 Å². The number of carbonyl (C=O) groups excluding carboxylic acids is 2. The van der Waals surface area contributed by atoms with Gasteiger partial charge >= 0.3 is 5.97 Å². The number of pyridine rings is 1. The van der Waals surface area contributed by atoms with Crippen molar-refractivity contribution < 1.29 is 14.3 Å². The molecule has 8 nitrogen and oxygen atoms in total. The lowest BCUT2D eigenvalue weighted by atomic mass is 10.1. The van der Waals surface area contributed by atoms with E-state index in [1.807, 2.05) is 36.7 Å². The van der Waals surface area contributed by atoms with Gasteiger partial charge in [0.15, 0.2) is 0 Å². The number of nitrogens with one attached hydrogen (secondary N) is 2. The van der Waals surface area contributed by atoms with E-state index >= 15 is 0 Å². The lowest BCUT2D eigenvalue weighted by molar-refractivity contribution is 0.0599. The molecule has 0 aromatic carbocycles. The third-order valence-corrected chi connectivity index (χ3v) is 4.63. The van der Waals surface area contributed by atoms with Gasteiger partial charge in [0.05, 0.1) is 12.7 Å². The molecule has 28 heavy (non-hydrogen) atoms. The van der Waals surface area contributed by atoms with Crippen LogP contribution in [-0.2, 0) is 17.7 Å². The molecule has 1 amide bonds. The summed E-state index contributed by atoms with van der Waals surface area (Å²) in [5.74, 6) is 0.843. The largest absolute Gasteiger partial charge is 0.465 e. The van der Waals surface area contributed by atoms with Gasteiger partial charge in [-0.1, -0.05) is 6.92 Å². The molecular weight excluding hydrogens is 358 g/mol. The number of esters is 1. The van der Waals surface area contributed by atoms with Crippen molar-refractivity contribution in [1.29, 1.82) is 0 Å². The lowest BCUT2D eigenvalue weighted by Gasteiger charge is -2.08. The van der Waals surface area contributed by atoms with E-state index < -0.39 is 5.97 Å². The summed E-state index contributed by atoms with van der Waals surface area (Å²) in [6.07, 6.45) is 5.84. The van der Waals surface area contributed by atoms with Crippen LogP contribution in [0.2, 0.25) is 0 Å². The summed E-state index contributed by atoms with van der Waals surface area (Å²) in [7, 11) is 1.33. The van der Waals surface area contributed by atoms with Crippen LogP contribution in [0.3, 0.4) is 0 Å². The number of aromatic amines is 1. The van der Waals surface area contributed by atoms with Crippen LogP contribution in [-0.4, -0.2) is 38.5 Å². The van der Waals surface area contributed by atoms with Crippen molar-refractivity contribution in [2.45, 2.75) is 33.7 Å². The van der Waals surface area contributed by atoms with E-state index in [1.54, 1.807) is 19.3 Å². The fourth-order valence-electron chi connectivity index (χ4n) is 3.12. The summed E-state index contributed by atoms with van der Waals surface area (Å²) in [5, 5.41) is 2.89. The first-order valence-electron chi connectivity index (χ1n) is 8.99. The number of hydrogen-bond donors (Lipinski definition) is 2. The average molecular weight is 381 g/mol. The molecule has 0 unspecified atom stereocenters. The Morgan fingerprint density at radius 1 is 1.25 bits per heavy atom. The summed E-state index contributed by atoms with van der Waals surface area (Å²) in [6.45, 7) is 5.88. The summed E-state index contributed by atoms with van der Waals surface area (Å²) >= 11 is 0. The number of amides is 1. The molecule has 2 N–H and O–H groups in total. The molecule has 3 aromatic heterocycles. The van der Waals surface area contributed by atoms with Crippen LogP contribution < -0.4 is 5.32 Å². The van der Waals surface area contributed by atoms with E-state index in [4.69, 9.17) is 4.74 Å². The molecule has 0 aliphatic rings. The maximum Gasteiger partial charge on any atom is 0.339 e. The number of rotatable bonds is 6. The molecule has 0 radical (unpaired) electrons. The highest BCUT2D eigenvalue weighted by Crippen LogP contribution is 2.20. The fraction of sp³-hybridized carbons (Fsp3) is 0.300. The third-order valence-electron chi connectivity index (χ3n) is 4.63. The van der Waals surface area contributed by atoms with Crippen LogP contribution in [0.25, 0.3) is 5.82 Å². The summed E-state index contributed by atoms with van der Waals surface area (Å²) < 4.78 is 6.71. The first-order chi connectivity index (χ1) is 13.5. The number of H-pyrrole nitrogens is 1. The second-order valence-electron chi connectivity index (χ2n) is 6.37. The molecule has 0 aliphatic carbocycles. The number of aromatic nitrogens is 4. The molecule has 0 spiro atoms. The van der Waals surface area contributed by atoms with Crippen LogP contribution in [0.15, 0.2) is 30.7 Å². The Bertz CT molecular complexity index is 1020. The van der Waals surface area contributed by atoms with Crippen molar-refractivity contribution in [1.82, 2.24) is 24.8 Å². The molecular formula is C20H23N5O3. The Balaban J connectivity index is 1.77. The highest BCUT2D eigenvalue weighted by molar-refractivity contribution is 6.00. The number of carbonyl (C=O) groups is 2. The first kappa shape index (κ1) is 19.3.